The van der Waals surface area contributed by atoms with Gasteiger partial charge in [0.15, 0.2) is 11.6 Å². The van der Waals surface area contributed by atoms with Crippen LogP contribution in [0.3, 0.4) is 0 Å². The van der Waals surface area contributed by atoms with E-state index in [-0.39, 0.29) is 11.8 Å². The summed E-state index contributed by atoms with van der Waals surface area (Å²) in [5, 5.41) is 2.06. The van der Waals surface area contributed by atoms with E-state index in [0.29, 0.717) is 17.2 Å². The third-order valence-electron chi connectivity index (χ3n) is 10.4. The molecule has 1 aliphatic carbocycles. The molecule has 10 rings (SSSR count). The lowest BCUT2D eigenvalue weighted by Gasteiger charge is -2.31. The van der Waals surface area contributed by atoms with Gasteiger partial charge in [0.2, 0.25) is 0 Å². The molecule has 0 saturated heterocycles. The molecule has 4 heterocycles. The molecular weight excluding hydrogens is 629 g/mol. The minimum absolute atomic E-state index is 0.0445. The molecule has 244 valence electrons. The van der Waals surface area contributed by atoms with Crippen molar-refractivity contribution >= 4 is 38.7 Å². The van der Waals surface area contributed by atoms with Crippen LogP contribution in [0, 0.1) is 0 Å². The first-order valence-corrected chi connectivity index (χ1v) is 17.3. The Morgan fingerprint density at radius 3 is 2.29 bits per heavy atom. The van der Waals surface area contributed by atoms with Gasteiger partial charge in [-0.3, -0.25) is 9.36 Å². The van der Waals surface area contributed by atoms with Gasteiger partial charge in [-0.25, -0.2) is 19.9 Å². The highest BCUT2D eigenvalue weighted by molar-refractivity contribution is 6.22. The lowest BCUT2D eigenvalue weighted by atomic mass is 9.78. The number of hydrogen-bond acceptors (Lipinski definition) is 5. The van der Waals surface area contributed by atoms with Crippen molar-refractivity contribution in [3.05, 3.63) is 162 Å². The Morgan fingerprint density at radius 2 is 1.45 bits per heavy atom. The van der Waals surface area contributed by atoms with Gasteiger partial charge in [-0.05, 0) is 62.2 Å². The Kier molecular flexibility index (Phi) is 6.36. The summed E-state index contributed by atoms with van der Waals surface area (Å²) in [6.07, 6.45) is 9.28. The third-order valence-corrected chi connectivity index (χ3v) is 10.4. The quantitative estimate of drug-likeness (QED) is 0.188. The first-order valence-electron chi connectivity index (χ1n) is 17.3. The molecular formula is C44H32N6O. The fraction of sp³-hybridized carbons (Fsp3) is 0.114. The standard InChI is InChI=1S/C44H32N6O/c1-44(2)33-22-11-9-20-31(33)42(51)50-38-34(45-43(44)50)24-25-36-37(38)32-21-10-12-23-35(32)49(36)30-19-13-18-29(26-30)41-47-39(27-14-5-3-6-15-27)46-40(48-41)28-16-7-4-8-17-28/h3-16,18-26,28H,17H2,1-2H3. The molecule has 1 aliphatic heterocycles. The second kappa shape index (κ2) is 11.0. The highest BCUT2D eigenvalue weighted by atomic mass is 16.2. The molecule has 7 heteroatoms. The molecule has 5 aromatic carbocycles. The van der Waals surface area contributed by atoms with Crippen LogP contribution in [0.2, 0.25) is 0 Å². The maximum atomic E-state index is 14.3. The van der Waals surface area contributed by atoms with Gasteiger partial charge in [0.1, 0.15) is 11.6 Å². The minimum atomic E-state index is -0.450. The molecule has 51 heavy (non-hydrogen) atoms. The first kappa shape index (κ1) is 29.4. The van der Waals surface area contributed by atoms with Crippen LogP contribution in [0.1, 0.15) is 53.8 Å². The summed E-state index contributed by atoms with van der Waals surface area (Å²) < 4.78 is 4.13. The molecule has 0 spiro atoms. The molecule has 0 amide bonds. The second-order valence-electron chi connectivity index (χ2n) is 13.8. The van der Waals surface area contributed by atoms with Crippen LogP contribution in [0.25, 0.3) is 61.3 Å². The average molecular weight is 661 g/mol. The topological polar surface area (TPSA) is 78.5 Å². The summed E-state index contributed by atoms with van der Waals surface area (Å²) in [4.78, 5) is 34.4. The Morgan fingerprint density at radius 1 is 0.686 bits per heavy atom. The zero-order chi connectivity index (χ0) is 34.3. The number of nitrogens with zero attached hydrogens (tertiary/aromatic N) is 6. The molecule has 1 unspecified atom stereocenters. The lowest BCUT2D eigenvalue weighted by molar-refractivity contribution is 0.0948. The highest BCUT2D eigenvalue weighted by Crippen LogP contribution is 2.43. The summed E-state index contributed by atoms with van der Waals surface area (Å²) in [5.41, 5.74) is 7.76. The van der Waals surface area contributed by atoms with Gasteiger partial charge in [-0.2, -0.15) is 0 Å². The Hall–Kier alpha value is -6.47. The number of fused-ring (bicyclic) bond motifs is 8. The fourth-order valence-electron chi connectivity index (χ4n) is 7.93. The zero-order valence-corrected chi connectivity index (χ0v) is 28.2. The molecule has 3 aromatic heterocycles. The van der Waals surface area contributed by atoms with Crippen LogP contribution in [0.4, 0.5) is 0 Å². The van der Waals surface area contributed by atoms with Crippen LogP contribution < -0.4 is 0 Å². The van der Waals surface area contributed by atoms with E-state index in [1.54, 1.807) is 0 Å². The van der Waals surface area contributed by atoms with Crippen LogP contribution >= 0.6 is 0 Å². The Labute approximate surface area is 294 Å². The molecule has 0 fully saturated rings. The van der Waals surface area contributed by atoms with E-state index in [2.05, 4.69) is 97.3 Å². The van der Waals surface area contributed by atoms with Crippen molar-refractivity contribution in [3.8, 4) is 28.5 Å². The van der Waals surface area contributed by atoms with E-state index >= 15 is 0 Å². The largest absolute Gasteiger partial charge is 0.309 e. The molecule has 1 atom stereocenters. The normalized spacial score (nSPS) is 16.2. The number of allylic oxidation sites excluding steroid dienone is 4. The molecule has 0 bridgehead atoms. The van der Waals surface area contributed by atoms with Crippen LogP contribution in [0.15, 0.2) is 140 Å². The first-order chi connectivity index (χ1) is 25.0. The van der Waals surface area contributed by atoms with Crippen molar-refractivity contribution in [1.82, 2.24) is 29.1 Å². The van der Waals surface area contributed by atoms with Gasteiger partial charge in [-0.15, -0.1) is 0 Å². The number of aromatic nitrogens is 6. The van der Waals surface area contributed by atoms with Crippen LogP contribution in [0.5, 0.6) is 0 Å². The summed E-state index contributed by atoms with van der Waals surface area (Å²) in [6.45, 7) is 4.30. The van der Waals surface area contributed by atoms with Gasteiger partial charge in [0.25, 0.3) is 5.91 Å². The van der Waals surface area contributed by atoms with E-state index in [1.807, 2.05) is 65.2 Å². The predicted molar refractivity (Wildman–Crippen MR) is 202 cm³/mol. The van der Waals surface area contributed by atoms with E-state index in [0.717, 1.165) is 73.3 Å². The second-order valence-corrected chi connectivity index (χ2v) is 13.8. The summed E-state index contributed by atoms with van der Waals surface area (Å²) in [5.74, 6) is 2.82. The molecule has 0 saturated carbocycles. The van der Waals surface area contributed by atoms with Gasteiger partial charge in [0, 0.05) is 44.5 Å². The van der Waals surface area contributed by atoms with E-state index in [4.69, 9.17) is 19.9 Å². The molecule has 0 N–H and O–H groups in total. The minimum Gasteiger partial charge on any atom is -0.309 e. The predicted octanol–water partition coefficient (Wildman–Crippen LogP) is 9.58. The maximum Gasteiger partial charge on any atom is 0.264 e. The van der Waals surface area contributed by atoms with Gasteiger partial charge in [-0.1, -0.05) is 103 Å². The average Bonchev–Trinajstić information content (AvgIpc) is 3.75. The summed E-state index contributed by atoms with van der Waals surface area (Å²) in [6, 6.07) is 39.0. The Balaban J connectivity index is 1.19. The molecule has 2 aliphatic rings. The molecule has 7 nitrogen and oxygen atoms in total. The van der Waals surface area contributed by atoms with E-state index in [1.165, 1.54) is 0 Å². The molecule has 8 aromatic rings. The van der Waals surface area contributed by atoms with Crippen molar-refractivity contribution in [2.45, 2.75) is 31.6 Å². The fourth-order valence-corrected chi connectivity index (χ4v) is 7.93. The number of imidazole rings is 1. The summed E-state index contributed by atoms with van der Waals surface area (Å²) in [7, 11) is 0. The van der Waals surface area contributed by atoms with Crippen LogP contribution in [-0.4, -0.2) is 35.0 Å². The number of carbonyl (C=O) groups excluding carboxylic acids is 1. The van der Waals surface area contributed by atoms with Crippen molar-refractivity contribution in [2.24, 2.45) is 0 Å². The van der Waals surface area contributed by atoms with Crippen molar-refractivity contribution in [1.29, 1.82) is 0 Å². The van der Waals surface area contributed by atoms with E-state index in [9.17, 15) is 4.79 Å². The number of hydrogen-bond donors (Lipinski definition) is 0. The van der Waals surface area contributed by atoms with Crippen molar-refractivity contribution in [2.75, 3.05) is 0 Å². The smallest absolute Gasteiger partial charge is 0.264 e. The van der Waals surface area contributed by atoms with E-state index < -0.39 is 5.41 Å². The highest BCUT2D eigenvalue weighted by Gasteiger charge is 2.40. The lowest BCUT2D eigenvalue weighted by Crippen LogP contribution is -2.35. The van der Waals surface area contributed by atoms with Crippen LogP contribution in [-0.2, 0) is 5.41 Å². The summed E-state index contributed by atoms with van der Waals surface area (Å²) >= 11 is 0. The van der Waals surface area contributed by atoms with Gasteiger partial charge < -0.3 is 4.57 Å². The molecule has 0 radical (unpaired) electrons. The van der Waals surface area contributed by atoms with Gasteiger partial charge >= 0.3 is 0 Å². The monoisotopic (exact) mass is 660 g/mol. The number of rotatable bonds is 4. The number of benzene rings is 5. The third kappa shape index (κ3) is 4.41. The SMILES string of the molecule is CC1(C)c2ccccc2C(=O)n2c1nc1ccc3c(c4ccccc4n3-c3cccc(-c4nc(-c5ccccc5)nc(C5C=CC=CC5)n4)c3)c12. The zero-order valence-electron chi connectivity index (χ0n) is 28.2. The van der Waals surface area contributed by atoms with Gasteiger partial charge in [0.05, 0.1) is 22.1 Å². The maximum absolute atomic E-state index is 14.3. The number of para-hydroxylation sites is 1. The van der Waals surface area contributed by atoms with Crippen molar-refractivity contribution < 1.29 is 4.79 Å². The van der Waals surface area contributed by atoms with Crippen molar-refractivity contribution in [3.63, 3.8) is 0 Å². The number of carbonyl (C=O) groups is 1. The Bertz CT molecular complexity index is 2780.